The van der Waals surface area contributed by atoms with Crippen LogP contribution in [0.1, 0.15) is 41.6 Å². The van der Waals surface area contributed by atoms with Crippen molar-refractivity contribution in [2.45, 2.75) is 45.1 Å². The minimum Gasteiger partial charge on any atom is -0.392 e. The lowest BCUT2D eigenvalue weighted by atomic mass is 9.90. The molecule has 4 unspecified atom stereocenters. The molecule has 1 aliphatic heterocycles. The van der Waals surface area contributed by atoms with Crippen LogP contribution in [-0.4, -0.2) is 20.8 Å². The first-order valence-corrected chi connectivity index (χ1v) is 13.4. The van der Waals surface area contributed by atoms with Gasteiger partial charge in [-0.1, -0.05) is 85.8 Å². The van der Waals surface area contributed by atoms with Gasteiger partial charge in [0.1, 0.15) is 0 Å². The first-order valence-electron chi connectivity index (χ1n) is 13.4. The monoisotopic (exact) mass is 519 g/mol. The molecule has 0 amide bonds. The number of imidazole rings is 1. The van der Waals surface area contributed by atoms with E-state index in [2.05, 4.69) is 58.9 Å². The second-order valence-electron chi connectivity index (χ2n) is 10.2. The van der Waals surface area contributed by atoms with Crippen LogP contribution in [0.15, 0.2) is 103 Å². The van der Waals surface area contributed by atoms with E-state index in [9.17, 15) is 5.11 Å². The van der Waals surface area contributed by atoms with Crippen molar-refractivity contribution in [3.8, 4) is 11.1 Å². The highest BCUT2D eigenvalue weighted by atomic mass is 16.7. The highest BCUT2D eigenvalue weighted by Crippen LogP contribution is 2.42. The normalized spacial score (nSPS) is 21.3. The predicted octanol–water partition coefficient (Wildman–Crippen LogP) is 6.15. The maximum absolute atomic E-state index is 9.52. The van der Waals surface area contributed by atoms with Crippen molar-refractivity contribution in [2.75, 3.05) is 0 Å². The lowest BCUT2D eigenvalue weighted by Gasteiger charge is -2.41. The van der Waals surface area contributed by atoms with Gasteiger partial charge in [0.05, 0.1) is 42.7 Å². The van der Waals surface area contributed by atoms with Crippen molar-refractivity contribution >= 4 is 11.0 Å². The number of hydrogen-bond donors (Lipinski definition) is 2. The van der Waals surface area contributed by atoms with Gasteiger partial charge in [-0.05, 0) is 46.0 Å². The molecule has 0 bridgehead atoms. The minimum atomic E-state index is -0.520. The molecule has 1 fully saturated rings. The molecule has 1 aromatic heterocycles. The van der Waals surface area contributed by atoms with E-state index in [1.807, 2.05) is 60.9 Å². The molecular weight excluding hydrogens is 486 g/mol. The van der Waals surface area contributed by atoms with Crippen LogP contribution in [-0.2, 0) is 29.2 Å². The van der Waals surface area contributed by atoms with Crippen LogP contribution < -0.4 is 5.73 Å². The summed E-state index contributed by atoms with van der Waals surface area (Å²) in [5.41, 5.74) is 14.2. The van der Waals surface area contributed by atoms with Gasteiger partial charge < -0.3 is 24.9 Å². The Balaban J connectivity index is 1.31. The molecule has 6 rings (SSSR count). The average Bonchev–Trinajstić information content (AvgIpc) is 3.41. The maximum Gasteiger partial charge on any atom is 0.184 e. The Hall–Kier alpha value is -3.81. The van der Waals surface area contributed by atoms with Crippen LogP contribution in [0, 0.1) is 5.92 Å². The molecule has 198 valence electrons. The Morgan fingerprint density at radius 3 is 2.36 bits per heavy atom. The molecule has 0 spiro atoms. The van der Waals surface area contributed by atoms with Gasteiger partial charge in [-0.2, -0.15) is 0 Å². The van der Waals surface area contributed by atoms with E-state index in [1.54, 1.807) is 0 Å². The number of aliphatic hydroxyl groups is 1. The summed E-state index contributed by atoms with van der Waals surface area (Å²) in [6.45, 7) is 3.38. The quantitative estimate of drug-likeness (QED) is 0.270. The lowest BCUT2D eigenvalue weighted by molar-refractivity contribution is -0.276. The van der Waals surface area contributed by atoms with Gasteiger partial charge in [0.15, 0.2) is 6.29 Å². The number of hydrogen-bond acceptors (Lipinski definition) is 5. The molecule has 1 saturated heterocycles. The van der Waals surface area contributed by atoms with Gasteiger partial charge in [-0.3, -0.25) is 0 Å². The molecule has 3 N–H and O–H groups in total. The van der Waals surface area contributed by atoms with E-state index in [1.165, 1.54) is 0 Å². The summed E-state index contributed by atoms with van der Waals surface area (Å²) >= 11 is 0. The summed E-state index contributed by atoms with van der Waals surface area (Å²) in [4.78, 5) is 4.58. The first-order chi connectivity index (χ1) is 19.1. The van der Waals surface area contributed by atoms with Crippen molar-refractivity contribution in [2.24, 2.45) is 11.7 Å². The number of ether oxygens (including phenoxy) is 2. The van der Waals surface area contributed by atoms with Gasteiger partial charge in [0, 0.05) is 18.0 Å². The van der Waals surface area contributed by atoms with Crippen molar-refractivity contribution in [3.63, 3.8) is 0 Å². The van der Waals surface area contributed by atoms with Gasteiger partial charge in [-0.15, -0.1) is 0 Å². The van der Waals surface area contributed by atoms with Crippen molar-refractivity contribution in [1.82, 2.24) is 9.55 Å². The highest BCUT2D eigenvalue weighted by Gasteiger charge is 2.38. The lowest BCUT2D eigenvalue weighted by Crippen LogP contribution is -2.39. The third kappa shape index (κ3) is 5.24. The second kappa shape index (κ2) is 11.1. The van der Waals surface area contributed by atoms with Gasteiger partial charge in [0.2, 0.25) is 0 Å². The molecule has 0 radical (unpaired) electrons. The van der Waals surface area contributed by atoms with Gasteiger partial charge in [0.25, 0.3) is 0 Å². The zero-order valence-electron chi connectivity index (χ0n) is 22.0. The SMILES string of the molecule is CC1C(Cn2cnc3ccccc32)OC(c2ccc(-c3cccc(CN)c3)cc2)OC1c1ccc(CO)cc1. The fourth-order valence-corrected chi connectivity index (χ4v) is 5.39. The Morgan fingerprint density at radius 2 is 1.59 bits per heavy atom. The molecule has 6 nitrogen and oxygen atoms in total. The molecular formula is C33H33N3O3. The van der Waals surface area contributed by atoms with Crippen LogP contribution in [0.4, 0.5) is 0 Å². The van der Waals surface area contributed by atoms with Crippen LogP contribution in [0.3, 0.4) is 0 Å². The van der Waals surface area contributed by atoms with Gasteiger partial charge in [-0.25, -0.2) is 4.98 Å². The largest absolute Gasteiger partial charge is 0.392 e. The zero-order chi connectivity index (χ0) is 26.8. The number of nitrogens with zero attached hydrogens (tertiary/aromatic N) is 2. The third-order valence-electron chi connectivity index (χ3n) is 7.71. The van der Waals surface area contributed by atoms with E-state index in [0.29, 0.717) is 13.1 Å². The number of aliphatic hydroxyl groups excluding tert-OH is 1. The molecule has 0 aliphatic carbocycles. The third-order valence-corrected chi connectivity index (χ3v) is 7.71. The molecule has 6 heteroatoms. The van der Waals surface area contributed by atoms with Crippen LogP contribution in [0.25, 0.3) is 22.2 Å². The number of aromatic nitrogens is 2. The average molecular weight is 520 g/mol. The standard InChI is InChI=1S/C33H33N3O3/c1-22-31(19-36-21-35-29-7-2-3-8-30(29)36)38-33(39-32(22)26-11-9-23(20-37)10-12-26)27-15-13-25(14-16-27)28-6-4-5-24(17-28)18-34/h2-17,21-22,31-33,37H,18-20,34H2,1H3. The van der Waals surface area contributed by atoms with E-state index in [0.717, 1.165) is 44.4 Å². The van der Waals surface area contributed by atoms with E-state index >= 15 is 0 Å². The number of nitrogens with two attached hydrogens (primary N) is 1. The zero-order valence-corrected chi connectivity index (χ0v) is 22.0. The summed E-state index contributed by atoms with van der Waals surface area (Å²) in [6.07, 6.45) is 1.09. The predicted molar refractivity (Wildman–Crippen MR) is 152 cm³/mol. The van der Waals surface area contributed by atoms with Crippen molar-refractivity contribution < 1.29 is 14.6 Å². The second-order valence-corrected chi connectivity index (χ2v) is 10.2. The molecule has 2 heterocycles. The van der Waals surface area contributed by atoms with Gasteiger partial charge >= 0.3 is 0 Å². The number of para-hydroxylation sites is 2. The smallest absolute Gasteiger partial charge is 0.184 e. The van der Waals surface area contributed by atoms with Crippen molar-refractivity contribution in [3.05, 3.63) is 126 Å². The minimum absolute atomic E-state index is 0.0178. The van der Waals surface area contributed by atoms with Crippen molar-refractivity contribution in [1.29, 1.82) is 0 Å². The fraction of sp³-hybridized carbons (Fsp3) is 0.242. The van der Waals surface area contributed by atoms with E-state index in [-0.39, 0.29) is 24.7 Å². The molecule has 5 aromatic rings. The van der Waals surface area contributed by atoms with E-state index < -0.39 is 6.29 Å². The number of benzene rings is 4. The number of rotatable bonds is 7. The topological polar surface area (TPSA) is 82.5 Å². The molecule has 1 aliphatic rings. The number of fused-ring (bicyclic) bond motifs is 1. The fourth-order valence-electron chi connectivity index (χ4n) is 5.39. The van der Waals surface area contributed by atoms with Crippen LogP contribution in [0.2, 0.25) is 0 Å². The van der Waals surface area contributed by atoms with E-state index in [4.69, 9.17) is 15.2 Å². The molecule has 4 atom stereocenters. The summed E-state index contributed by atoms with van der Waals surface area (Å²) in [7, 11) is 0. The maximum atomic E-state index is 9.52. The first kappa shape index (κ1) is 25.5. The Kier molecular flexibility index (Phi) is 7.26. The molecule has 4 aromatic carbocycles. The Morgan fingerprint density at radius 1 is 0.821 bits per heavy atom. The molecule has 0 saturated carbocycles. The Labute approximate surface area is 228 Å². The van der Waals surface area contributed by atoms with Crippen LogP contribution >= 0.6 is 0 Å². The Bertz CT molecular complexity index is 1550. The summed E-state index contributed by atoms with van der Waals surface area (Å²) in [5, 5.41) is 9.52. The molecule has 39 heavy (non-hydrogen) atoms. The summed E-state index contributed by atoms with van der Waals surface area (Å²) < 4.78 is 15.5. The van der Waals surface area contributed by atoms with Crippen LogP contribution in [0.5, 0.6) is 0 Å². The highest BCUT2D eigenvalue weighted by molar-refractivity contribution is 5.74. The summed E-state index contributed by atoms with van der Waals surface area (Å²) in [6, 6.07) is 32.9. The summed E-state index contributed by atoms with van der Waals surface area (Å²) in [5.74, 6) is 0.0839.